The van der Waals surface area contributed by atoms with E-state index in [9.17, 15) is 0 Å². The van der Waals surface area contributed by atoms with Crippen molar-refractivity contribution < 1.29 is 0 Å². The van der Waals surface area contributed by atoms with Gasteiger partial charge in [0.1, 0.15) is 0 Å². The largest absolute Gasteiger partial charge is 0.270 e. The molecule has 0 radical (unpaired) electrons. The van der Waals surface area contributed by atoms with Gasteiger partial charge in [0.05, 0.1) is 5.69 Å². The van der Waals surface area contributed by atoms with Crippen molar-refractivity contribution in [3.63, 3.8) is 0 Å². The van der Waals surface area contributed by atoms with Gasteiger partial charge in [0.15, 0.2) is 0 Å². The molecule has 0 aliphatic rings. The highest BCUT2D eigenvalue weighted by atomic mass is 15.3. The van der Waals surface area contributed by atoms with E-state index in [0.29, 0.717) is 6.04 Å². The van der Waals surface area contributed by atoms with Crippen LogP contribution in [-0.4, -0.2) is 9.78 Å². The van der Waals surface area contributed by atoms with Crippen molar-refractivity contribution in [2.24, 2.45) is 0 Å². The van der Waals surface area contributed by atoms with Crippen molar-refractivity contribution >= 4 is 0 Å². The summed E-state index contributed by atoms with van der Waals surface area (Å²) in [6.07, 6.45) is 2.00. The first kappa shape index (κ1) is 6.33. The molecule has 0 aliphatic carbocycles. The zero-order chi connectivity index (χ0) is 6.85. The van der Waals surface area contributed by atoms with Gasteiger partial charge in [-0.15, -0.1) is 0 Å². The van der Waals surface area contributed by atoms with E-state index in [-0.39, 0.29) is 0 Å². The fourth-order valence-electron chi connectivity index (χ4n) is 0.721. The molecular weight excluding hydrogens is 112 g/mol. The van der Waals surface area contributed by atoms with E-state index in [1.807, 2.05) is 23.9 Å². The molecule has 1 heterocycles. The minimum atomic E-state index is 0.485. The Bertz CT molecular complexity index is 189. The molecule has 0 atom stereocenters. The summed E-state index contributed by atoms with van der Waals surface area (Å²) in [7, 11) is 0. The third kappa shape index (κ3) is 1.31. The Hall–Kier alpha value is -0.790. The van der Waals surface area contributed by atoms with Gasteiger partial charge in [-0.05, 0) is 26.8 Å². The number of hydrogen-bond acceptors (Lipinski definition) is 1. The summed E-state index contributed by atoms with van der Waals surface area (Å²) in [4.78, 5) is 0. The van der Waals surface area contributed by atoms with E-state index >= 15 is 0 Å². The highest BCUT2D eigenvalue weighted by molar-refractivity contribution is 4.95. The molecule has 0 fully saturated rings. The molecule has 2 heteroatoms. The molecule has 0 N–H and O–H groups in total. The molecule has 0 spiro atoms. The Morgan fingerprint density at radius 1 is 1.56 bits per heavy atom. The molecule has 1 rings (SSSR count). The van der Waals surface area contributed by atoms with Crippen LogP contribution in [-0.2, 0) is 0 Å². The van der Waals surface area contributed by atoms with Gasteiger partial charge in [-0.1, -0.05) is 0 Å². The molecule has 1 aromatic heterocycles. The van der Waals surface area contributed by atoms with Crippen LogP contribution in [0.5, 0.6) is 0 Å². The van der Waals surface area contributed by atoms with Crippen LogP contribution in [0.3, 0.4) is 0 Å². The van der Waals surface area contributed by atoms with Gasteiger partial charge in [0.2, 0.25) is 0 Å². The second-order valence-corrected chi connectivity index (χ2v) is 2.53. The highest BCUT2D eigenvalue weighted by Crippen LogP contribution is 2.01. The molecule has 0 unspecified atom stereocenters. The molecule has 0 saturated heterocycles. The first-order valence-corrected chi connectivity index (χ1v) is 3.22. The zero-order valence-electron chi connectivity index (χ0n) is 6.13. The molecular formula is C7H12N2. The van der Waals surface area contributed by atoms with E-state index in [1.54, 1.807) is 0 Å². The van der Waals surface area contributed by atoms with Gasteiger partial charge in [0, 0.05) is 12.2 Å². The monoisotopic (exact) mass is 124 g/mol. The van der Waals surface area contributed by atoms with Crippen molar-refractivity contribution in [1.29, 1.82) is 0 Å². The van der Waals surface area contributed by atoms with Crippen LogP contribution < -0.4 is 0 Å². The average molecular weight is 124 g/mol. The predicted molar refractivity (Wildman–Crippen MR) is 37.3 cm³/mol. The van der Waals surface area contributed by atoms with Crippen LogP contribution in [0.2, 0.25) is 0 Å². The molecule has 0 aromatic carbocycles. The highest BCUT2D eigenvalue weighted by Gasteiger charge is 1.95. The minimum Gasteiger partial charge on any atom is -0.270 e. The Labute approximate surface area is 55.5 Å². The second kappa shape index (κ2) is 2.21. The summed E-state index contributed by atoms with van der Waals surface area (Å²) in [5.74, 6) is 0. The summed E-state index contributed by atoms with van der Waals surface area (Å²) in [6, 6.07) is 2.50. The van der Waals surface area contributed by atoms with Gasteiger partial charge in [-0.3, -0.25) is 4.68 Å². The standard InChI is InChI=1S/C7H12N2/c1-6(2)9-5-4-7(3)8-9/h4-6H,1-3H3. The van der Waals surface area contributed by atoms with E-state index in [1.165, 1.54) is 0 Å². The smallest absolute Gasteiger partial charge is 0.0593 e. The Kier molecular flexibility index (Phi) is 1.56. The number of aryl methyl sites for hydroxylation is 1. The normalized spacial score (nSPS) is 10.7. The van der Waals surface area contributed by atoms with Crippen LogP contribution in [0, 0.1) is 6.92 Å². The molecule has 2 nitrogen and oxygen atoms in total. The van der Waals surface area contributed by atoms with Crippen molar-refractivity contribution in [3.05, 3.63) is 18.0 Å². The van der Waals surface area contributed by atoms with Crippen LogP contribution >= 0.6 is 0 Å². The zero-order valence-corrected chi connectivity index (χ0v) is 6.13. The minimum absolute atomic E-state index is 0.485. The number of hydrogen-bond donors (Lipinski definition) is 0. The van der Waals surface area contributed by atoms with Crippen LogP contribution in [0.25, 0.3) is 0 Å². The van der Waals surface area contributed by atoms with Gasteiger partial charge >= 0.3 is 0 Å². The van der Waals surface area contributed by atoms with Crippen LogP contribution in [0.1, 0.15) is 25.6 Å². The maximum absolute atomic E-state index is 4.23. The Morgan fingerprint density at radius 2 is 2.22 bits per heavy atom. The van der Waals surface area contributed by atoms with E-state index < -0.39 is 0 Å². The molecule has 1 aromatic rings. The molecule has 50 valence electrons. The fourth-order valence-corrected chi connectivity index (χ4v) is 0.721. The molecule has 0 aliphatic heterocycles. The SMILES string of the molecule is Cc1ccn(C(C)C)n1. The third-order valence-corrected chi connectivity index (χ3v) is 1.27. The Balaban J connectivity index is 2.85. The lowest BCUT2D eigenvalue weighted by molar-refractivity contribution is 0.529. The lowest BCUT2D eigenvalue weighted by atomic mass is 10.4. The Morgan fingerprint density at radius 3 is 2.44 bits per heavy atom. The van der Waals surface area contributed by atoms with Gasteiger partial charge < -0.3 is 0 Å². The summed E-state index contributed by atoms with van der Waals surface area (Å²) in [6.45, 7) is 6.23. The molecule has 0 saturated carbocycles. The first-order valence-electron chi connectivity index (χ1n) is 3.22. The van der Waals surface area contributed by atoms with E-state index in [0.717, 1.165) is 5.69 Å². The fraction of sp³-hybridized carbons (Fsp3) is 0.571. The molecule has 9 heavy (non-hydrogen) atoms. The molecule has 0 amide bonds. The average Bonchev–Trinajstić information content (AvgIpc) is 2.14. The van der Waals surface area contributed by atoms with Crippen molar-refractivity contribution in [2.75, 3.05) is 0 Å². The van der Waals surface area contributed by atoms with E-state index in [2.05, 4.69) is 18.9 Å². The number of rotatable bonds is 1. The van der Waals surface area contributed by atoms with Crippen LogP contribution in [0.15, 0.2) is 12.3 Å². The number of nitrogens with zero attached hydrogens (tertiary/aromatic N) is 2. The maximum Gasteiger partial charge on any atom is 0.0593 e. The van der Waals surface area contributed by atoms with Crippen LogP contribution in [0.4, 0.5) is 0 Å². The predicted octanol–water partition coefficient (Wildman–Crippen LogP) is 1.77. The second-order valence-electron chi connectivity index (χ2n) is 2.53. The van der Waals surface area contributed by atoms with Crippen molar-refractivity contribution in [1.82, 2.24) is 9.78 Å². The summed E-state index contributed by atoms with van der Waals surface area (Å²) in [5.41, 5.74) is 1.09. The quantitative estimate of drug-likeness (QED) is 0.558. The van der Waals surface area contributed by atoms with E-state index in [4.69, 9.17) is 0 Å². The summed E-state index contributed by atoms with van der Waals surface area (Å²) in [5, 5.41) is 4.23. The third-order valence-electron chi connectivity index (χ3n) is 1.27. The summed E-state index contributed by atoms with van der Waals surface area (Å²) >= 11 is 0. The van der Waals surface area contributed by atoms with Crippen molar-refractivity contribution in [2.45, 2.75) is 26.8 Å². The molecule has 0 bridgehead atoms. The lowest BCUT2D eigenvalue weighted by Gasteiger charge is -2.02. The van der Waals surface area contributed by atoms with Gasteiger partial charge in [-0.25, -0.2) is 0 Å². The van der Waals surface area contributed by atoms with Gasteiger partial charge in [0.25, 0.3) is 0 Å². The topological polar surface area (TPSA) is 17.8 Å². The first-order chi connectivity index (χ1) is 4.20. The lowest BCUT2D eigenvalue weighted by Crippen LogP contribution is -2.00. The van der Waals surface area contributed by atoms with Gasteiger partial charge in [-0.2, -0.15) is 5.10 Å². The maximum atomic E-state index is 4.23. The number of aromatic nitrogens is 2. The summed E-state index contributed by atoms with van der Waals surface area (Å²) < 4.78 is 1.95. The van der Waals surface area contributed by atoms with Crippen molar-refractivity contribution in [3.8, 4) is 0 Å².